The fourth-order valence-corrected chi connectivity index (χ4v) is 4.47. The van der Waals surface area contributed by atoms with E-state index in [1.54, 1.807) is 45.0 Å². The lowest BCUT2D eigenvalue weighted by molar-refractivity contribution is -0.142. The molecule has 0 aliphatic heterocycles. The summed E-state index contributed by atoms with van der Waals surface area (Å²) in [4.78, 5) is 42.4. The van der Waals surface area contributed by atoms with Gasteiger partial charge in [0.25, 0.3) is 0 Å². The van der Waals surface area contributed by atoms with E-state index in [0.29, 0.717) is 24.1 Å². The highest BCUT2D eigenvalue weighted by Gasteiger charge is 2.36. The van der Waals surface area contributed by atoms with E-state index < -0.39 is 29.7 Å². The second-order valence-electron chi connectivity index (χ2n) is 11.3. The number of ether oxygens (including phenoxy) is 1. The Balaban J connectivity index is 2.52. The van der Waals surface area contributed by atoms with Crippen molar-refractivity contribution < 1.29 is 29.3 Å². The molecule has 0 heterocycles. The molecule has 2 atom stereocenters. The summed E-state index contributed by atoms with van der Waals surface area (Å²) < 4.78 is 5.46. The Morgan fingerprint density at radius 1 is 0.902 bits per heavy atom. The molecule has 2 aromatic rings. The van der Waals surface area contributed by atoms with Crippen molar-refractivity contribution in [2.45, 2.75) is 97.2 Å². The largest absolute Gasteiger partial charge is 0.508 e. The number of hydrogen-bond acceptors (Lipinski definition) is 6. The molecule has 2 aromatic carbocycles. The minimum absolute atomic E-state index is 0.0141. The van der Waals surface area contributed by atoms with Crippen LogP contribution in [0, 0.1) is 0 Å². The lowest BCUT2D eigenvalue weighted by Crippen LogP contribution is -2.54. The first kappa shape index (κ1) is 33.5. The minimum atomic E-state index is -1.05. The van der Waals surface area contributed by atoms with Crippen LogP contribution in [-0.2, 0) is 20.7 Å². The number of rotatable bonds is 15. The van der Waals surface area contributed by atoms with Gasteiger partial charge >= 0.3 is 6.09 Å². The fraction of sp³-hybridized carbons (Fsp3) is 0.531. The molecule has 2 unspecified atom stereocenters. The van der Waals surface area contributed by atoms with Gasteiger partial charge < -0.3 is 30.5 Å². The van der Waals surface area contributed by atoms with Crippen LogP contribution in [0.25, 0.3) is 0 Å². The Hall–Kier alpha value is -3.75. The number of hydrogen-bond donors (Lipinski definition) is 4. The number of carbonyl (C=O) groups is 3. The molecule has 0 aliphatic carbocycles. The molecule has 3 amide bonds. The maximum Gasteiger partial charge on any atom is 0.408 e. The van der Waals surface area contributed by atoms with Crippen molar-refractivity contribution in [1.82, 2.24) is 15.5 Å². The predicted molar refractivity (Wildman–Crippen MR) is 160 cm³/mol. The van der Waals surface area contributed by atoms with Gasteiger partial charge in [0, 0.05) is 19.5 Å². The lowest BCUT2D eigenvalue weighted by atomic mass is 9.99. The molecule has 0 saturated carbocycles. The van der Waals surface area contributed by atoms with E-state index >= 15 is 0 Å². The maximum absolute atomic E-state index is 14.4. The predicted octanol–water partition coefficient (Wildman–Crippen LogP) is 5.60. The van der Waals surface area contributed by atoms with Crippen molar-refractivity contribution in [2.75, 3.05) is 13.1 Å². The number of nitrogens with one attached hydrogen (secondary N) is 2. The number of phenolic OH excluding ortho intramolecular Hbond substituents is 2. The van der Waals surface area contributed by atoms with Gasteiger partial charge in [-0.05, 0) is 69.0 Å². The van der Waals surface area contributed by atoms with E-state index in [-0.39, 0.29) is 30.4 Å². The highest BCUT2D eigenvalue weighted by Crippen LogP contribution is 2.27. The standard InChI is InChI=1S/C32H47N3O6/c1-6-8-10-19-33-29(38)28(24-13-12-14-26(37)22-24)35(20-11-9-7-2)30(39)27(34-31(40)41-32(3,4)5)21-23-15-17-25(36)18-16-23/h12-18,22,27-28,36-37H,6-11,19-21H2,1-5H3,(H,33,38)(H,34,40). The normalized spacial score (nSPS) is 12.7. The second kappa shape index (κ2) is 16.5. The molecule has 9 heteroatoms. The zero-order chi connectivity index (χ0) is 30.4. The van der Waals surface area contributed by atoms with Crippen LogP contribution in [0.3, 0.4) is 0 Å². The SMILES string of the molecule is CCCCCNC(=O)C(c1cccc(O)c1)N(CCCCC)C(=O)C(Cc1ccc(O)cc1)NC(=O)OC(C)(C)C. The van der Waals surface area contributed by atoms with Gasteiger partial charge in [0.15, 0.2) is 0 Å². The van der Waals surface area contributed by atoms with Gasteiger partial charge in [0.05, 0.1) is 0 Å². The third-order valence-corrected chi connectivity index (χ3v) is 6.48. The van der Waals surface area contributed by atoms with Crippen molar-refractivity contribution >= 4 is 17.9 Å². The summed E-state index contributed by atoms with van der Waals surface area (Å²) in [5.74, 6) is -0.726. The Bertz CT molecular complexity index is 1110. The van der Waals surface area contributed by atoms with E-state index in [2.05, 4.69) is 24.5 Å². The van der Waals surface area contributed by atoms with Crippen LogP contribution >= 0.6 is 0 Å². The maximum atomic E-state index is 14.4. The Labute approximate surface area is 244 Å². The second-order valence-corrected chi connectivity index (χ2v) is 11.3. The van der Waals surface area contributed by atoms with Gasteiger partial charge in [-0.2, -0.15) is 0 Å². The number of unbranched alkanes of at least 4 members (excludes halogenated alkanes) is 4. The topological polar surface area (TPSA) is 128 Å². The number of alkyl carbamates (subject to hydrolysis) is 1. The summed E-state index contributed by atoms with van der Waals surface area (Å²) in [5, 5.41) is 25.7. The van der Waals surface area contributed by atoms with Crippen LogP contribution in [0.5, 0.6) is 11.5 Å². The first-order valence-electron chi connectivity index (χ1n) is 14.6. The number of benzene rings is 2. The van der Waals surface area contributed by atoms with Crippen LogP contribution in [0.1, 0.15) is 90.3 Å². The van der Waals surface area contributed by atoms with E-state index in [0.717, 1.165) is 32.1 Å². The molecule has 0 radical (unpaired) electrons. The molecular formula is C32H47N3O6. The van der Waals surface area contributed by atoms with Crippen LogP contribution in [0.4, 0.5) is 4.79 Å². The van der Waals surface area contributed by atoms with Crippen molar-refractivity contribution in [2.24, 2.45) is 0 Å². The Morgan fingerprint density at radius 2 is 1.56 bits per heavy atom. The smallest absolute Gasteiger partial charge is 0.408 e. The summed E-state index contributed by atoms with van der Waals surface area (Å²) in [6.45, 7) is 10.1. The monoisotopic (exact) mass is 569 g/mol. The van der Waals surface area contributed by atoms with Gasteiger partial charge in [0.2, 0.25) is 11.8 Å². The zero-order valence-corrected chi connectivity index (χ0v) is 25.1. The molecule has 0 bridgehead atoms. The first-order valence-corrected chi connectivity index (χ1v) is 14.6. The van der Waals surface area contributed by atoms with Crippen molar-refractivity contribution in [3.8, 4) is 11.5 Å². The molecule has 0 fully saturated rings. The molecule has 0 spiro atoms. The van der Waals surface area contributed by atoms with Crippen LogP contribution in [-0.4, -0.2) is 57.8 Å². The number of nitrogens with zero attached hydrogens (tertiary/aromatic N) is 1. The van der Waals surface area contributed by atoms with E-state index in [1.807, 2.05) is 0 Å². The highest BCUT2D eigenvalue weighted by atomic mass is 16.6. The lowest BCUT2D eigenvalue weighted by Gasteiger charge is -2.34. The molecule has 226 valence electrons. The van der Waals surface area contributed by atoms with Crippen molar-refractivity contribution in [3.05, 3.63) is 59.7 Å². The Morgan fingerprint density at radius 3 is 2.17 bits per heavy atom. The van der Waals surface area contributed by atoms with Crippen LogP contribution in [0.15, 0.2) is 48.5 Å². The fourth-order valence-electron chi connectivity index (χ4n) is 4.47. The number of amides is 3. The molecular weight excluding hydrogens is 522 g/mol. The quantitative estimate of drug-likeness (QED) is 0.207. The first-order chi connectivity index (χ1) is 19.4. The van der Waals surface area contributed by atoms with Crippen molar-refractivity contribution in [1.29, 1.82) is 0 Å². The van der Waals surface area contributed by atoms with E-state index in [1.165, 1.54) is 29.2 Å². The van der Waals surface area contributed by atoms with E-state index in [9.17, 15) is 24.6 Å². The van der Waals surface area contributed by atoms with E-state index in [4.69, 9.17) is 4.74 Å². The van der Waals surface area contributed by atoms with Gasteiger partial charge in [0.1, 0.15) is 29.2 Å². The number of aromatic hydroxyl groups is 2. The van der Waals surface area contributed by atoms with Gasteiger partial charge in [-0.1, -0.05) is 63.8 Å². The van der Waals surface area contributed by atoms with Crippen molar-refractivity contribution in [3.63, 3.8) is 0 Å². The summed E-state index contributed by atoms with van der Waals surface area (Å²) in [7, 11) is 0. The zero-order valence-electron chi connectivity index (χ0n) is 25.1. The van der Waals surface area contributed by atoms with Gasteiger partial charge in [-0.15, -0.1) is 0 Å². The summed E-state index contributed by atoms with van der Waals surface area (Å²) in [6.07, 6.45) is 4.55. The third-order valence-electron chi connectivity index (χ3n) is 6.48. The molecule has 0 aliphatic rings. The third kappa shape index (κ3) is 11.7. The molecule has 41 heavy (non-hydrogen) atoms. The van der Waals surface area contributed by atoms with Gasteiger partial charge in [-0.3, -0.25) is 9.59 Å². The minimum Gasteiger partial charge on any atom is -0.508 e. The number of phenols is 2. The molecule has 0 saturated heterocycles. The molecule has 4 N–H and O–H groups in total. The average Bonchev–Trinajstić information content (AvgIpc) is 2.90. The molecule has 2 rings (SSSR count). The summed E-state index contributed by atoms with van der Waals surface area (Å²) >= 11 is 0. The average molecular weight is 570 g/mol. The summed E-state index contributed by atoms with van der Waals surface area (Å²) in [5.41, 5.74) is 0.409. The Kier molecular flexibility index (Phi) is 13.5. The van der Waals surface area contributed by atoms with Gasteiger partial charge in [-0.25, -0.2) is 4.79 Å². The molecule has 9 nitrogen and oxygen atoms in total. The highest BCUT2D eigenvalue weighted by molar-refractivity contribution is 5.92. The molecule has 0 aromatic heterocycles. The summed E-state index contributed by atoms with van der Waals surface area (Å²) in [6, 6.07) is 10.7. The van der Waals surface area contributed by atoms with Crippen LogP contribution < -0.4 is 10.6 Å². The van der Waals surface area contributed by atoms with Crippen LogP contribution in [0.2, 0.25) is 0 Å². The number of carbonyl (C=O) groups excluding carboxylic acids is 3.